The molecule has 2 heterocycles. The Morgan fingerprint density at radius 1 is 1.14 bits per heavy atom. The molecule has 1 fully saturated rings. The molecule has 28 heavy (non-hydrogen) atoms. The van der Waals surface area contributed by atoms with Crippen LogP contribution in [0.15, 0.2) is 29.1 Å². The summed E-state index contributed by atoms with van der Waals surface area (Å²) in [5.74, 6) is -2.77. The van der Waals surface area contributed by atoms with E-state index in [1.807, 2.05) is 0 Å². The molecule has 2 aromatic heterocycles. The number of aromatic hydroxyl groups is 2. The van der Waals surface area contributed by atoms with Crippen molar-refractivity contribution in [3.8, 4) is 11.5 Å². The number of nitrogens with zero attached hydrogens (tertiary/aromatic N) is 2. The number of rotatable bonds is 4. The lowest BCUT2D eigenvalue weighted by atomic mass is 10.2. The fourth-order valence-corrected chi connectivity index (χ4v) is 3.96. The van der Waals surface area contributed by atoms with Crippen LogP contribution in [0, 0.1) is 0 Å². The standard InChI is InChI=1S/C19H19N3O6/c23-14-7-3-6-12-11(14)8-13-17(26)16(18(27)20-9-15(24)25)19(28)21(22(12)13)10-4-1-2-5-10/h3,6-8,10,23,26H,1-2,4-5,9H2,(H,20,27)(H,24,25). The molecule has 4 N–H and O–H groups in total. The lowest BCUT2D eigenvalue weighted by Crippen LogP contribution is -2.38. The summed E-state index contributed by atoms with van der Waals surface area (Å²) in [6.07, 6.45) is 3.36. The molecule has 0 bridgehead atoms. The maximum Gasteiger partial charge on any atom is 0.322 e. The number of phenols is 1. The van der Waals surface area contributed by atoms with Crippen molar-refractivity contribution < 1.29 is 24.9 Å². The van der Waals surface area contributed by atoms with E-state index in [0.29, 0.717) is 10.9 Å². The van der Waals surface area contributed by atoms with Gasteiger partial charge in [0.05, 0.1) is 11.6 Å². The van der Waals surface area contributed by atoms with E-state index in [2.05, 4.69) is 5.32 Å². The van der Waals surface area contributed by atoms with Crippen LogP contribution in [0.25, 0.3) is 16.4 Å². The van der Waals surface area contributed by atoms with Crippen molar-refractivity contribution in [3.05, 3.63) is 40.2 Å². The Hall–Kier alpha value is -3.49. The van der Waals surface area contributed by atoms with Crippen LogP contribution in [0.3, 0.4) is 0 Å². The molecule has 0 saturated heterocycles. The Bertz CT molecular complexity index is 1170. The van der Waals surface area contributed by atoms with Crippen molar-refractivity contribution in [1.29, 1.82) is 0 Å². The van der Waals surface area contributed by atoms with Crippen molar-refractivity contribution in [2.45, 2.75) is 31.7 Å². The summed E-state index contributed by atoms with van der Waals surface area (Å²) >= 11 is 0. The number of hydrogen-bond donors (Lipinski definition) is 4. The Balaban J connectivity index is 2.05. The molecule has 1 saturated carbocycles. The van der Waals surface area contributed by atoms with E-state index in [4.69, 9.17) is 5.11 Å². The van der Waals surface area contributed by atoms with E-state index in [-0.39, 0.29) is 17.3 Å². The van der Waals surface area contributed by atoms with Crippen LogP contribution in [0.1, 0.15) is 42.1 Å². The summed E-state index contributed by atoms with van der Waals surface area (Å²) < 4.78 is 2.98. The van der Waals surface area contributed by atoms with Crippen LogP contribution in [0.5, 0.6) is 11.5 Å². The summed E-state index contributed by atoms with van der Waals surface area (Å²) in [7, 11) is 0. The van der Waals surface area contributed by atoms with Gasteiger partial charge in [-0.05, 0) is 31.0 Å². The molecule has 9 nitrogen and oxygen atoms in total. The van der Waals surface area contributed by atoms with Crippen LogP contribution >= 0.6 is 0 Å². The first-order valence-corrected chi connectivity index (χ1v) is 9.01. The zero-order valence-corrected chi connectivity index (χ0v) is 14.9. The van der Waals surface area contributed by atoms with Gasteiger partial charge in [-0.3, -0.25) is 14.4 Å². The average Bonchev–Trinajstić information content (AvgIpc) is 3.30. The van der Waals surface area contributed by atoms with Crippen molar-refractivity contribution in [2.24, 2.45) is 0 Å². The molecule has 3 aromatic rings. The average molecular weight is 385 g/mol. The van der Waals surface area contributed by atoms with Gasteiger partial charge in [-0.25, -0.2) is 9.20 Å². The van der Waals surface area contributed by atoms with Gasteiger partial charge in [-0.2, -0.15) is 0 Å². The second kappa shape index (κ2) is 6.59. The largest absolute Gasteiger partial charge is 0.507 e. The van der Waals surface area contributed by atoms with Crippen molar-refractivity contribution in [2.75, 3.05) is 6.54 Å². The zero-order chi connectivity index (χ0) is 20.0. The number of phenolic OH excluding ortho intramolecular Hbond substituents is 1. The van der Waals surface area contributed by atoms with E-state index < -0.39 is 35.3 Å². The highest BCUT2D eigenvalue weighted by molar-refractivity contribution is 6.02. The van der Waals surface area contributed by atoms with Gasteiger partial charge in [0.2, 0.25) is 0 Å². The monoisotopic (exact) mass is 385 g/mol. The topological polar surface area (TPSA) is 133 Å². The summed E-state index contributed by atoms with van der Waals surface area (Å²) in [6.45, 7) is -0.671. The first kappa shape index (κ1) is 17.9. The molecule has 0 unspecified atom stereocenters. The summed E-state index contributed by atoms with van der Waals surface area (Å²) in [5, 5.41) is 32.2. The third-order valence-corrected chi connectivity index (χ3v) is 5.21. The zero-order valence-electron chi connectivity index (χ0n) is 14.9. The Morgan fingerprint density at radius 2 is 1.86 bits per heavy atom. The quantitative estimate of drug-likeness (QED) is 0.539. The summed E-state index contributed by atoms with van der Waals surface area (Å²) in [5.41, 5.74) is -0.459. The molecule has 9 heteroatoms. The van der Waals surface area contributed by atoms with Crippen LogP contribution in [-0.4, -0.2) is 42.9 Å². The van der Waals surface area contributed by atoms with Gasteiger partial charge in [0.15, 0.2) is 5.75 Å². The Morgan fingerprint density at radius 3 is 2.54 bits per heavy atom. The van der Waals surface area contributed by atoms with Gasteiger partial charge >= 0.3 is 5.97 Å². The lowest BCUT2D eigenvalue weighted by Gasteiger charge is -2.20. The SMILES string of the molecule is O=C(O)CNC(=O)c1c(O)c2cc3c(O)cccc3n2n(C2CCCC2)c1=O. The van der Waals surface area contributed by atoms with E-state index >= 15 is 0 Å². The minimum atomic E-state index is -1.26. The van der Waals surface area contributed by atoms with Crippen LogP contribution < -0.4 is 10.9 Å². The number of benzene rings is 1. The molecule has 0 radical (unpaired) electrons. The third kappa shape index (κ3) is 2.67. The van der Waals surface area contributed by atoms with Gasteiger partial charge in [-0.15, -0.1) is 0 Å². The fraction of sp³-hybridized carbons (Fsp3) is 0.316. The number of carboxylic acid groups (broad SMARTS) is 1. The molecule has 0 aliphatic heterocycles. The number of aliphatic carboxylic acids is 1. The first-order valence-electron chi connectivity index (χ1n) is 9.01. The molecule has 1 amide bonds. The van der Waals surface area contributed by atoms with E-state index in [1.165, 1.54) is 21.3 Å². The van der Waals surface area contributed by atoms with Gasteiger partial charge < -0.3 is 20.6 Å². The second-order valence-corrected chi connectivity index (χ2v) is 6.94. The number of hydrogen-bond acceptors (Lipinski definition) is 5. The van der Waals surface area contributed by atoms with Crippen LogP contribution in [-0.2, 0) is 4.79 Å². The number of carbonyl (C=O) groups excluding carboxylic acids is 1. The van der Waals surface area contributed by atoms with E-state index in [0.717, 1.165) is 25.7 Å². The predicted octanol–water partition coefficient (Wildman–Crippen LogP) is 1.59. The minimum absolute atomic E-state index is 0.0112. The van der Waals surface area contributed by atoms with Gasteiger partial charge in [-0.1, -0.05) is 18.9 Å². The van der Waals surface area contributed by atoms with Crippen LogP contribution in [0.2, 0.25) is 0 Å². The number of carboxylic acids is 1. The number of nitrogens with one attached hydrogen (secondary N) is 1. The third-order valence-electron chi connectivity index (χ3n) is 5.21. The molecule has 1 aromatic carbocycles. The second-order valence-electron chi connectivity index (χ2n) is 6.94. The highest BCUT2D eigenvalue weighted by atomic mass is 16.4. The van der Waals surface area contributed by atoms with Gasteiger partial charge in [0.1, 0.15) is 23.4 Å². The number of amides is 1. The molecule has 1 aliphatic carbocycles. The molecule has 0 spiro atoms. The Labute approximate surface area is 158 Å². The lowest BCUT2D eigenvalue weighted by molar-refractivity contribution is -0.135. The van der Waals surface area contributed by atoms with Crippen molar-refractivity contribution >= 4 is 28.3 Å². The van der Waals surface area contributed by atoms with E-state index in [9.17, 15) is 24.6 Å². The highest BCUT2D eigenvalue weighted by Crippen LogP contribution is 2.35. The molecule has 1 aliphatic rings. The first-order chi connectivity index (χ1) is 13.4. The Kier molecular flexibility index (Phi) is 4.21. The molecular weight excluding hydrogens is 366 g/mol. The van der Waals surface area contributed by atoms with Gasteiger partial charge in [0, 0.05) is 5.39 Å². The number of fused-ring (bicyclic) bond motifs is 3. The summed E-state index contributed by atoms with van der Waals surface area (Å²) in [6, 6.07) is 6.20. The summed E-state index contributed by atoms with van der Waals surface area (Å²) in [4.78, 5) is 36.4. The number of carbonyl (C=O) groups is 2. The normalized spacial score (nSPS) is 14.7. The van der Waals surface area contributed by atoms with Crippen molar-refractivity contribution in [3.63, 3.8) is 0 Å². The maximum atomic E-state index is 13.2. The van der Waals surface area contributed by atoms with Gasteiger partial charge in [0.25, 0.3) is 11.5 Å². The van der Waals surface area contributed by atoms with Crippen molar-refractivity contribution in [1.82, 2.24) is 14.5 Å². The number of aromatic nitrogens is 2. The minimum Gasteiger partial charge on any atom is -0.507 e. The molecule has 146 valence electrons. The van der Waals surface area contributed by atoms with Crippen LogP contribution in [0.4, 0.5) is 0 Å². The smallest absolute Gasteiger partial charge is 0.322 e. The highest BCUT2D eigenvalue weighted by Gasteiger charge is 2.29. The predicted molar refractivity (Wildman–Crippen MR) is 100.0 cm³/mol. The molecule has 4 rings (SSSR count). The maximum absolute atomic E-state index is 13.2. The molecule has 0 atom stereocenters. The van der Waals surface area contributed by atoms with E-state index in [1.54, 1.807) is 12.1 Å². The molecular formula is C19H19N3O6. The fourth-order valence-electron chi connectivity index (χ4n) is 3.96.